The molecule has 0 radical (unpaired) electrons. The lowest BCUT2D eigenvalue weighted by atomic mass is 9.97. The number of ether oxygens (including phenoxy) is 1. The lowest BCUT2D eigenvalue weighted by Gasteiger charge is -2.30. The molecule has 0 aliphatic carbocycles. The molecule has 1 saturated heterocycles. The number of amides is 2. The van der Waals surface area contributed by atoms with Crippen molar-refractivity contribution in [2.45, 2.75) is 44.0 Å². The first-order chi connectivity index (χ1) is 16.1. The van der Waals surface area contributed by atoms with Crippen LogP contribution < -0.4 is 15.0 Å². The fraction of sp³-hybridized carbons (Fsp3) is 0.417. The van der Waals surface area contributed by atoms with E-state index >= 15 is 0 Å². The van der Waals surface area contributed by atoms with Crippen molar-refractivity contribution in [2.75, 3.05) is 30.4 Å². The van der Waals surface area contributed by atoms with Gasteiger partial charge >= 0.3 is 0 Å². The summed E-state index contributed by atoms with van der Waals surface area (Å²) in [6.07, 6.45) is 1.47. The Labute approximate surface area is 204 Å². The molecule has 0 saturated carbocycles. The van der Waals surface area contributed by atoms with Crippen molar-refractivity contribution in [3.8, 4) is 5.75 Å². The van der Waals surface area contributed by atoms with Crippen LogP contribution in [0.4, 0.5) is 11.4 Å². The SMILES string of the molecule is COc1ccc(NC(=O)C2CCN(S(=O)(=O)c3ccc4c(c3)C[C@@H](C)N4C(C)=O)CC2)cc1Cl. The molecule has 1 atom stereocenters. The quantitative estimate of drug-likeness (QED) is 0.668. The van der Waals surface area contributed by atoms with Crippen LogP contribution in [0.5, 0.6) is 5.75 Å². The summed E-state index contributed by atoms with van der Waals surface area (Å²) < 4.78 is 33.1. The van der Waals surface area contributed by atoms with E-state index in [1.807, 2.05) is 6.92 Å². The van der Waals surface area contributed by atoms with E-state index in [9.17, 15) is 18.0 Å². The minimum atomic E-state index is -3.69. The smallest absolute Gasteiger partial charge is 0.243 e. The average Bonchev–Trinajstić information content (AvgIpc) is 3.14. The van der Waals surface area contributed by atoms with Gasteiger partial charge in [0.25, 0.3) is 0 Å². The van der Waals surface area contributed by atoms with E-state index in [1.165, 1.54) is 18.3 Å². The number of carbonyl (C=O) groups is 2. The largest absolute Gasteiger partial charge is 0.495 e. The van der Waals surface area contributed by atoms with E-state index in [0.717, 1.165) is 11.3 Å². The second kappa shape index (κ2) is 9.56. The second-order valence-corrected chi connectivity index (χ2v) is 11.1. The van der Waals surface area contributed by atoms with Gasteiger partial charge in [-0.3, -0.25) is 9.59 Å². The predicted octanol–water partition coefficient (Wildman–Crippen LogP) is 3.69. The lowest BCUT2D eigenvalue weighted by Crippen LogP contribution is -2.41. The highest BCUT2D eigenvalue weighted by atomic mass is 35.5. The molecule has 2 aliphatic rings. The Kier molecular flexibility index (Phi) is 6.89. The summed E-state index contributed by atoms with van der Waals surface area (Å²) in [6, 6.07) is 9.97. The molecule has 2 aromatic carbocycles. The molecule has 2 heterocycles. The van der Waals surface area contributed by atoms with Crippen LogP contribution in [0, 0.1) is 5.92 Å². The van der Waals surface area contributed by atoms with Gasteiger partial charge < -0.3 is 15.0 Å². The predicted molar refractivity (Wildman–Crippen MR) is 131 cm³/mol. The molecule has 0 aromatic heterocycles. The Hall–Kier alpha value is -2.62. The molecule has 2 aliphatic heterocycles. The molecule has 8 nitrogen and oxygen atoms in total. The molecule has 0 bridgehead atoms. The van der Waals surface area contributed by atoms with Gasteiger partial charge in [-0.05, 0) is 68.1 Å². The maximum Gasteiger partial charge on any atom is 0.243 e. The number of rotatable bonds is 5. The van der Waals surface area contributed by atoms with E-state index in [2.05, 4.69) is 5.32 Å². The summed E-state index contributed by atoms with van der Waals surface area (Å²) in [5.41, 5.74) is 2.20. The number of nitrogens with zero attached hydrogens (tertiary/aromatic N) is 2. The Bertz CT molecular complexity index is 1230. The molecule has 1 N–H and O–H groups in total. The third-order valence-corrected chi connectivity index (χ3v) is 8.68. The van der Waals surface area contributed by atoms with Crippen molar-refractivity contribution in [1.29, 1.82) is 0 Å². The van der Waals surface area contributed by atoms with Gasteiger partial charge in [0, 0.05) is 43.3 Å². The van der Waals surface area contributed by atoms with Gasteiger partial charge in [0.05, 0.1) is 17.0 Å². The first-order valence-corrected chi connectivity index (χ1v) is 13.0. The maximum absolute atomic E-state index is 13.3. The Balaban J connectivity index is 1.41. The molecular weight excluding hydrogens is 478 g/mol. The topological polar surface area (TPSA) is 96.0 Å². The second-order valence-electron chi connectivity index (χ2n) is 8.75. The van der Waals surface area contributed by atoms with Gasteiger partial charge in [-0.15, -0.1) is 0 Å². The highest BCUT2D eigenvalue weighted by Gasteiger charge is 2.34. The van der Waals surface area contributed by atoms with Crippen LogP contribution in [-0.4, -0.2) is 50.8 Å². The maximum atomic E-state index is 13.3. The van der Waals surface area contributed by atoms with E-state index in [-0.39, 0.29) is 41.8 Å². The number of nitrogens with one attached hydrogen (secondary N) is 1. The van der Waals surface area contributed by atoms with Crippen molar-refractivity contribution in [1.82, 2.24) is 4.31 Å². The number of sulfonamides is 1. The summed E-state index contributed by atoms with van der Waals surface area (Å²) in [5.74, 6) is 0.0127. The molecule has 10 heteroatoms. The summed E-state index contributed by atoms with van der Waals surface area (Å²) in [4.78, 5) is 26.6. The van der Waals surface area contributed by atoms with Gasteiger partial charge in [0.15, 0.2) is 0 Å². The third-order valence-electron chi connectivity index (χ3n) is 6.49. The minimum absolute atomic E-state index is 0.000273. The summed E-state index contributed by atoms with van der Waals surface area (Å²) in [7, 11) is -2.17. The molecule has 4 rings (SSSR count). The molecule has 2 amide bonds. The highest BCUT2D eigenvalue weighted by Crippen LogP contribution is 2.35. The summed E-state index contributed by atoms with van der Waals surface area (Å²) in [5, 5.41) is 3.25. The van der Waals surface area contributed by atoms with Crippen LogP contribution in [0.15, 0.2) is 41.3 Å². The van der Waals surface area contributed by atoms with E-state index in [4.69, 9.17) is 16.3 Å². The molecular formula is C24H28ClN3O5S. The van der Waals surface area contributed by atoms with Gasteiger partial charge in [-0.1, -0.05) is 11.6 Å². The summed E-state index contributed by atoms with van der Waals surface area (Å²) >= 11 is 6.12. The summed E-state index contributed by atoms with van der Waals surface area (Å²) in [6.45, 7) is 3.98. The van der Waals surface area contributed by atoms with E-state index in [0.29, 0.717) is 35.7 Å². The number of carbonyl (C=O) groups excluding carboxylic acids is 2. The van der Waals surface area contributed by atoms with Crippen LogP contribution in [-0.2, 0) is 26.0 Å². The van der Waals surface area contributed by atoms with Crippen molar-refractivity contribution >= 4 is 44.8 Å². The minimum Gasteiger partial charge on any atom is -0.495 e. The van der Waals surface area contributed by atoms with Crippen molar-refractivity contribution in [3.05, 3.63) is 47.0 Å². The van der Waals surface area contributed by atoms with Crippen LogP contribution in [0.1, 0.15) is 32.3 Å². The monoisotopic (exact) mass is 505 g/mol. The van der Waals surface area contributed by atoms with Crippen molar-refractivity contribution < 1.29 is 22.7 Å². The van der Waals surface area contributed by atoms with Crippen LogP contribution in [0.25, 0.3) is 0 Å². The number of anilines is 2. The first-order valence-electron chi connectivity index (χ1n) is 11.2. The zero-order chi connectivity index (χ0) is 24.6. The van der Waals surface area contributed by atoms with Crippen LogP contribution >= 0.6 is 11.6 Å². The Morgan fingerprint density at radius 3 is 2.44 bits per heavy atom. The molecule has 34 heavy (non-hydrogen) atoms. The fourth-order valence-electron chi connectivity index (χ4n) is 4.74. The number of piperidine rings is 1. The first kappa shape index (κ1) is 24.5. The number of halogens is 1. The van der Waals surface area contributed by atoms with Crippen LogP contribution in [0.3, 0.4) is 0 Å². The van der Waals surface area contributed by atoms with Gasteiger partial charge in [-0.2, -0.15) is 4.31 Å². The molecule has 0 unspecified atom stereocenters. The zero-order valence-corrected chi connectivity index (χ0v) is 20.9. The number of fused-ring (bicyclic) bond motifs is 1. The third kappa shape index (κ3) is 4.64. The van der Waals surface area contributed by atoms with Gasteiger partial charge in [-0.25, -0.2) is 8.42 Å². The highest BCUT2D eigenvalue weighted by molar-refractivity contribution is 7.89. The fourth-order valence-corrected chi connectivity index (χ4v) is 6.52. The van der Waals surface area contributed by atoms with Crippen molar-refractivity contribution in [3.63, 3.8) is 0 Å². The number of hydrogen-bond donors (Lipinski definition) is 1. The number of hydrogen-bond acceptors (Lipinski definition) is 5. The lowest BCUT2D eigenvalue weighted by molar-refractivity contribution is -0.121. The van der Waals surface area contributed by atoms with E-state index < -0.39 is 10.0 Å². The van der Waals surface area contributed by atoms with Crippen molar-refractivity contribution in [2.24, 2.45) is 5.92 Å². The van der Waals surface area contributed by atoms with E-state index in [1.54, 1.807) is 41.3 Å². The average molecular weight is 506 g/mol. The number of methoxy groups -OCH3 is 1. The molecule has 1 fully saturated rings. The van der Waals surface area contributed by atoms with Gasteiger partial charge in [0.2, 0.25) is 21.8 Å². The molecule has 2 aromatic rings. The standard InChI is InChI=1S/C24H28ClN3O5S/c1-15-12-18-13-20(5-6-22(18)28(15)16(2)29)34(31,32)27-10-8-17(9-11-27)24(30)26-19-4-7-23(33-3)21(25)14-19/h4-7,13-15,17H,8-12H2,1-3H3,(H,26,30)/t15-/m1/s1. The van der Waals surface area contributed by atoms with Gasteiger partial charge in [0.1, 0.15) is 5.75 Å². The molecule has 0 spiro atoms. The normalized spacial score (nSPS) is 19.1. The number of benzene rings is 2. The van der Waals surface area contributed by atoms with Crippen LogP contribution in [0.2, 0.25) is 5.02 Å². The molecule has 182 valence electrons. The Morgan fingerprint density at radius 1 is 1.12 bits per heavy atom. The Morgan fingerprint density at radius 2 is 1.82 bits per heavy atom. The zero-order valence-electron chi connectivity index (χ0n) is 19.4.